The third-order valence-corrected chi connectivity index (χ3v) is 6.24. The zero-order valence-electron chi connectivity index (χ0n) is 17.9. The number of nitrogens with zero attached hydrogens (tertiary/aromatic N) is 1. The number of rotatable bonds is 17. The lowest BCUT2D eigenvalue weighted by molar-refractivity contribution is 0.164. The van der Waals surface area contributed by atoms with Gasteiger partial charge in [0.1, 0.15) is 0 Å². The van der Waals surface area contributed by atoms with Crippen LogP contribution in [0.1, 0.15) is 136 Å². The average molecular weight is 352 g/mol. The molecule has 1 unspecified atom stereocenters. The van der Waals surface area contributed by atoms with Crippen LogP contribution >= 0.6 is 0 Å². The van der Waals surface area contributed by atoms with E-state index >= 15 is 0 Å². The van der Waals surface area contributed by atoms with Gasteiger partial charge in [0.25, 0.3) is 0 Å². The summed E-state index contributed by atoms with van der Waals surface area (Å²) >= 11 is 0. The van der Waals surface area contributed by atoms with Crippen molar-refractivity contribution in [1.29, 1.82) is 0 Å². The molecule has 0 amide bonds. The summed E-state index contributed by atoms with van der Waals surface area (Å²) < 4.78 is 0. The highest BCUT2D eigenvalue weighted by atomic mass is 15.1. The number of piperidine rings is 1. The second-order valence-corrected chi connectivity index (χ2v) is 8.68. The summed E-state index contributed by atoms with van der Waals surface area (Å²) in [6, 6.07) is 0.835. The monoisotopic (exact) mass is 351 g/mol. The topological polar surface area (TPSA) is 3.24 Å². The van der Waals surface area contributed by atoms with Gasteiger partial charge in [-0.05, 0) is 39.3 Å². The Labute approximate surface area is 160 Å². The van der Waals surface area contributed by atoms with Crippen molar-refractivity contribution in [2.24, 2.45) is 0 Å². The molecule has 1 saturated heterocycles. The van der Waals surface area contributed by atoms with Gasteiger partial charge >= 0.3 is 0 Å². The fourth-order valence-corrected chi connectivity index (χ4v) is 4.35. The highest BCUT2D eigenvalue weighted by Crippen LogP contribution is 2.17. The predicted molar refractivity (Wildman–Crippen MR) is 114 cm³/mol. The average Bonchev–Trinajstić information content (AvgIpc) is 2.65. The zero-order valence-corrected chi connectivity index (χ0v) is 17.9. The highest BCUT2D eigenvalue weighted by Gasteiger charge is 2.15. The summed E-state index contributed by atoms with van der Waals surface area (Å²) in [7, 11) is 0. The number of hydrogen-bond donors (Lipinski definition) is 0. The second kappa shape index (κ2) is 17.4. The molecular weight excluding hydrogens is 302 g/mol. The van der Waals surface area contributed by atoms with Gasteiger partial charge in [0, 0.05) is 6.04 Å². The molecule has 0 bridgehead atoms. The number of likely N-dealkylation sites (tertiary alicyclic amines) is 1. The zero-order chi connectivity index (χ0) is 18.0. The van der Waals surface area contributed by atoms with E-state index in [9.17, 15) is 0 Å². The van der Waals surface area contributed by atoms with E-state index in [0.717, 1.165) is 6.04 Å². The van der Waals surface area contributed by atoms with Crippen LogP contribution in [0.5, 0.6) is 0 Å². The molecule has 1 fully saturated rings. The molecule has 1 aliphatic heterocycles. The van der Waals surface area contributed by atoms with Gasteiger partial charge in [-0.15, -0.1) is 0 Å². The molecule has 0 aromatic rings. The molecule has 150 valence electrons. The SMILES string of the molecule is CCCCCCCCCCCCCCCCCC(C)N1CCCCC1. The smallest absolute Gasteiger partial charge is 0.00669 e. The van der Waals surface area contributed by atoms with Crippen LogP contribution in [0, 0.1) is 0 Å². The lowest BCUT2D eigenvalue weighted by atomic mass is 10.0. The van der Waals surface area contributed by atoms with E-state index < -0.39 is 0 Å². The third-order valence-electron chi connectivity index (χ3n) is 6.24. The molecule has 0 N–H and O–H groups in total. The van der Waals surface area contributed by atoms with Gasteiger partial charge in [0.05, 0.1) is 0 Å². The van der Waals surface area contributed by atoms with Gasteiger partial charge in [-0.3, -0.25) is 0 Å². The molecular formula is C24H49N. The standard InChI is InChI=1S/C24H49N/c1-3-4-5-6-7-8-9-10-11-12-13-14-15-16-18-21-24(2)25-22-19-17-20-23-25/h24H,3-23H2,1-2H3. The van der Waals surface area contributed by atoms with E-state index in [2.05, 4.69) is 18.7 Å². The van der Waals surface area contributed by atoms with Crippen molar-refractivity contribution in [3.8, 4) is 0 Å². The van der Waals surface area contributed by atoms with Crippen LogP contribution in [0.3, 0.4) is 0 Å². The molecule has 25 heavy (non-hydrogen) atoms. The van der Waals surface area contributed by atoms with Crippen molar-refractivity contribution >= 4 is 0 Å². The minimum Gasteiger partial charge on any atom is -0.301 e. The molecule has 1 atom stereocenters. The van der Waals surface area contributed by atoms with Gasteiger partial charge < -0.3 is 4.90 Å². The molecule has 0 saturated carbocycles. The Morgan fingerprint density at radius 3 is 1.40 bits per heavy atom. The van der Waals surface area contributed by atoms with Crippen LogP contribution in [0.15, 0.2) is 0 Å². The molecule has 1 heterocycles. The van der Waals surface area contributed by atoms with Crippen LogP contribution in [0.25, 0.3) is 0 Å². The Morgan fingerprint density at radius 1 is 0.560 bits per heavy atom. The van der Waals surface area contributed by atoms with Crippen molar-refractivity contribution in [2.75, 3.05) is 13.1 Å². The quantitative estimate of drug-likeness (QED) is 0.239. The summed E-state index contributed by atoms with van der Waals surface area (Å²) in [5.74, 6) is 0. The van der Waals surface area contributed by atoms with Crippen molar-refractivity contribution in [2.45, 2.75) is 142 Å². The molecule has 0 spiro atoms. The minimum atomic E-state index is 0.835. The Balaban J connectivity index is 1.73. The molecule has 0 aromatic carbocycles. The third kappa shape index (κ3) is 13.8. The molecule has 0 radical (unpaired) electrons. The Bertz CT molecular complexity index is 257. The van der Waals surface area contributed by atoms with E-state index in [-0.39, 0.29) is 0 Å². The van der Waals surface area contributed by atoms with E-state index in [1.54, 1.807) is 0 Å². The normalized spacial score (nSPS) is 17.0. The Hall–Kier alpha value is -0.0400. The lowest BCUT2D eigenvalue weighted by Crippen LogP contribution is -2.37. The van der Waals surface area contributed by atoms with Crippen molar-refractivity contribution in [3.05, 3.63) is 0 Å². The summed E-state index contributed by atoms with van der Waals surface area (Å²) in [4.78, 5) is 2.73. The molecule has 1 rings (SSSR count). The predicted octanol–water partition coefficient (Wildman–Crippen LogP) is 8.12. The van der Waals surface area contributed by atoms with Crippen LogP contribution in [-0.4, -0.2) is 24.0 Å². The van der Waals surface area contributed by atoms with Crippen LogP contribution < -0.4 is 0 Å². The van der Waals surface area contributed by atoms with Gasteiger partial charge in [0.2, 0.25) is 0 Å². The first-order chi connectivity index (χ1) is 12.3. The van der Waals surface area contributed by atoms with Gasteiger partial charge in [-0.1, -0.05) is 110 Å². The molecule has 1 nitrogen and oxygen atoms in total. The van der Waals surface area contributed by atoms with E-state index in [1.165, 1.54) is 135 Å². The molecule has 0 aliphatic carbocycles. The van der Waals surface area contributed by atoms with E-state index in [1.807, 2.05) is 0 Å². The van der Waals surface area contributed by atoms with Gasteiger partial charge in [-0.25, -0.2) is 0 Å². The maximum absolute atomic E-state index is 2.73. The first-order valence-corrected chi connectivity index (χ1v) is 12.1. The van der Waals surface area contributed by atoms with E-state index in [4.69, 9.17) is 0 Å². The lowest BCUT2D eigenvalue weighted by Gasteiger charge is -2.32. The maximum Gasteiger partial charge on any atom is 0.00669 e. The molecule has 1 aliphatic rings. The van der Waals surface area contributed by atoms with Crippen LogP contribution in [0.4, 0.5) is 0 Å². The summed E-state index contributed by atoms with van der Waals surface area (Å²) in [5, 5.41) is 0. The summed E-state index contributed by atoms with van der Waals surface area (Å²) in [5.41, 5.74) is 0. The van der Waals surface area contributed by atoms with Gasteiger partial charge in [0.15, 0.2) is 0 Å². The first-order valence-electron chi connectivity index (χ1n) is 12.1. The van der Waals surface area contributed by atoms with E-state index in [0.29, 0.717) is 0 Å². The Kier molecular flexibility index (Phi) is 16.0. The minimum absolute atomic E-state index is 0.835. The summed E-state index contributed by atoms with van der Waals surface area (Å²) in [6.45, 7) is 7.48. The number of hydrogen-bond acceptors (Lipinski definition) is 1. The summed E-state index contributed by atoms with van der Waals surface area (Å²) in [6.07, 6.45) is 27.8. The Morgan fingerprint density at radius 2 is 0.960 bits per heavy atom. The molecule has 0 aromatic heterocycles. The van der Waals surface area contributed by atoms with Crippen molar-refractivity contribution < 1.29 is 0 Å². The van der Waals surface area contributed by atoms with Crippen molar-refractivity contribution in [1.82, 2.24) is 4.90 Å². The second-order valence-electron chi connectivity index (χ2n) is 8.68. The molecule has 1 heteroatoms. The largest absolute Gasteiger partial charge is 0.301 e. The highest BCUT2D eigenvalue weighted by molar-refractivity contribution is 4.71. The van der Waals surface area contributed by atoms with Crippen LogP contribution in [0.2, 0.25) is 0 Å². The number of unbranched alkanes of at least 4 members (excludes halogenated alkanes) is 14. The van der Waals surface area contributed by atoms with Gasteiger partial charge in [-0.2, -0.15) is 0 Å². The fraction of sp³-hybridized carbons (Fsp3) is 1.00. The first kappa shape index (κ1) is 23.0. The van der Waals surface area contributed by atoms with Crippen LogP contribution in [-0.2, 0) is 0 Å². The van der Waals surface area contributed by atoms with Crippen molar-refractivity contribution in [3.63, 3.8) is 0 Å². The fourth-order valence-electron chi connectivity index (χ4n) is 4.35. The maximum atomic E-state index is 2.73.